The van der Waals surface area contributed by atoms with Gasteiger partial charge >= 0.3 is 0 Å². The zero-order valence-corrected chi connectivity index (χ0v) is 13.9. The molecule has 0 fully saturated rings. The van der Waals surface area contributed by atoms with Crippen LogP contribution in [0.4, 0.5) is 5.69 Å². The molecule has 0 aliphatic heterocycles. The van der Waals surface area contributed by atoms with Crippen molar-refractivity contribution >= 4 is 23.2 Å². The monoisotopic (exact) mass is 354 g/mol. The second-order valence-corrected chi connectivity index (χ2v) is 5.65. The molecule has 0 saturated carbocycles. The molecular formula is C19H15ClN2O3. The number of benzene rings is 2. The molecule has 0 aliphatic carbocycles. The number of nitrogens with zero attached hydrogens (tertiary/aromatic N) is 1. The Labute approximate surface area is 149 Å². The molecule has 0 unspecified atom stereocenters. The molecule has 0 saturated heterocycles. The molecule has 25 heavy (non-hydrogen) atoms. The van der Waals surface area contributed by atoms with Gasteiger partial charge in [-0.1, -0.05) is 54.1 Å². The summed E-state index contributed by atoms with van der Waals surface area (Å²) in [6.45, 7) is 0.219. The Morgan fingerprint density at radius 2 is 1.72 bits per heavy atom. The lowest BCUT2D eigenvalue weighted by Gasteiger charge is -2.10. The van der Waals surface area contributed by atoms with Crippen molar-refractivity contribution < 1.29 is 9.63 Å². The highest BCUT2D eigenvalue weighted by molar-refractivity contribution is 6.33. The number of carbonyl (C=O) groups is 1. The highest BCUT2D eigenvalue weighted by Crippen LogP contribution is 2.20. The fourth-order valence-electron chi connectivity index (χ4n) is 2.22. The van der Waals surface area contributed by atoms with Gasteiger partial charge in [0.15, 0.2) is 0 Å². The van der Waals surface area contributed by atoms with E-state index in [0.717, 1.165) is 10.3 Å². The minimum Gasteiger partial charge on any atom is -0.406 e. The molecule has 1 N–H and O–H groups in total. The van der Waals surface area contributed by atoms with Gasteiger partial charge in [0.1, 0.15) is 12.2 Å². The van der Waals surface area contributed by atoms with Crippen LogP contribution in [-0.4, -0.2) is 10.6 Å². The van der Waals surface area contributed by atoms with Gasteiger partial charge in [-0.25, -0.2) is 0 Å². The van der Waals surface area contributed by atoms with Gasteiger partial charge in [0.05, 0.1) is 10.7 Å². The minimum absolute atomic E-state index is 0.0320. The van der Waals surface area contributed by atoms with Gasteiger partial charge in [0, 0.05) is 6.20 Å². The molecule has 2 aromatic carbocycles. The van der Waals surface area contributed by atoms with Crippen LogP contribution in [-0.2, 0) is 6.61 Å². The van der Waals surface area contributed by atoms with Crippen LogP contribution in [0.15, 0.2) is 77.7 Å². The molecule has 6 heteroatoms. The Morgan fingerprint density at radius 1 is 1.00 bits per heavy atom. The largest absolute Gasteiger partial charge is 0.406 e. The molecular weight excluding hydrogens is 340 g/mol. The fraction of sp³-hybridized carbons (Fsp3) is 0.0526. The first-order chi connectivity index (χ1) is 12.1. The standard InChI is InChI=1S/C19H15ClN2O3/c20-16-10-4-5-11-17(16)21-18(23)15-9-6-12-22(19(15)24)25-13-14-7-2-1-3-8-14/h1-12H,13H2,(H,21,23). The lowest BCUT2D eigenvalue weighted by atomic mass is 10.2. The van der Waals surface area contributed by atoms with Gasteiger partial charge < -0.3 is 10.2 Å². The summed E-state index contributed by atoms with van der Waals surface area (Å²) >= 11 is 6.02. The number of amides is 1. The number of rotatable bonds is 5. The van der Waals surface area contributed by atoms with Gasteiger partial charge in [0.2, 0.25) is 0 Å². The van der Waals surface area contributed by atoms with Crippen molar-refractivity contribution in [2.45, 2.75) is 6.61 Å². The predicted molar refractivity (Wildman–Crippen MR) is 96.8 cm³/mol. The summed E-state index contributed by atoms with van der Waals surface area (Å²) in [5, 5.41) is 3.02. The van der Waals surface area contributed by atoms with Crippen molar-refractivity contribution in [3.05, 3.63) is 99.4 Å². The molecule has 1 heterocycles. The van der Waals surface area contributed by atoms with E-state index in [0.29, 0.717) is 10.7 Å². The first-order valence-corrected chi connectivity index (χ1v) is 7.98. The van der Waals surface area contributed by atoms with E-state index in [-0.39, 0.29) is 12.2 Å². The number of para-hydroxylation sites is 1. The van der Waals surface area contributed by atoms with Crippen molar-refractivity contribution in [2.75, 3.05) is 5.32 Å². The van der Waals surface area contributed by atoms with E-state index in [1.54, 1.807) is 30.3 Å². The van der Waals surface area contributed by atoms with E-state index in [9.17, 15) is 9.59 Å². The molecule has 0 aliphatic rings. The predicted octanol–water partition coefficient (Wildman–Crippen LogP) is 3.38. The van der Waals surface area contributed by atoms with Gasteiger partial charge in [-0.3, -0.25) is 9.59 Å². The van der Waals surface area contributed by atoms with Gasteiger partial charge in [-0.15, -0.1) is 0 Å². The van der Waals surface area contributed by atoms with Crippen molar-refractivity contribution in [1.29, 1.82) is 0 Å². The maximum atomic E-state index is 12.5. The quantitative estimate of drug-likeness (QED) is 0.764. The third kappa shape index (κ3) is 4.08. The summed E-state index contributed by atoms with van der Waals surface area (Å²) < 4.78 is 1.05. The van der Waals surface area contributed by atoms with Crippen LogP contribution in [0.25, 0.3) is 0 Å². The van der Waals surface area contributed by atoms with Gasteiger partial charge in [0.25, 0.3) is 11.5 Å². The SMILES string of the molecule is O=C(Nc1ccccc1Cl)c1cccn(OCc2ccccc2)c1=O. The van der Waals surface area contributed by atoms with Crippen molar-refractivity contribution in [1.82, 2.24) is 4.73 Å². The molecule has 0 radical (unpaired) electrons. The summed E-state index contributed by atoms with van der Waals surface area (Å²) in [5.41, 5.74) is 0.785. The Morgan fingerprint density at radius 3 is 2.48 bits per heavy atom. The number of halogens is 1. The first kappa shape index (κ1) is 16.8. The Bertz CT molecular complexity index is 939. The smallest absolute Gasteiger partial charge is 0.295 e. The van der Waals surface area contributed by atoms with E-state index >= 15 is 0 Å². The number of aromatic nitrogens is 1. The maximum Gasteiger partial charge on any atom is 0.295 e. The lowest BCUT2D eigenvalue weighted by molar-refractivity contribution is 0.0863. The topological polar surface area (TPSA) is 60.3 Å². The minimum atomic E-state index is -0.546. The molecule has 0 bridgehead atoms. The third-order valence-corrected chi connectivity index (χ3v) is 3.82. The van der Waals surface area contributed by atoms with Crippen LogP contribution in [0, 0.1) is 0 Å². The zero-order chi connectivity index (χ0) is 17.6. The van der Waals surface area contributed by atoms with E-state index in [1.807, 2.05) is 30.3 Å². The van der Waals surface area contributed by atoms with Crippen molar-refractivity contribution in [3.63, 3.8) is 0 Å². The first-order valence-electron chi connectivity index (χ1n) is 7.60. The van der Waals surface area contributed by atoms with Gasteiger partial charge in [-0.2, -0.15) is 4.73 Å². The van der Waals surface area contributed by atoms with E-state index in [4.69, 9.17) is 16.4 Å². The van der Waals surface area contributed by atoms with E-state index in [1.165, 1.54) is 12.3 Å². The Hall–Kier alpha value is -3.05. The molecule has 5 nitrogen and oxygen atoms in total. The molecule has 126 valence electrons. The normalized spacial score (nSPS) is 10.3. The average Bonchev–Trinajstić information content (AvgIpc) is 2.63. The fourth-order valence-corrected chi connectivity index (χ4v) is 2.40. The van der Waals surface area contributed by atoms with Crippen LogP contribution in [0.1, 0.15) is 15.9 Å². The molecule has 3 rings (SSSR count). The number of carbonyl (C=O) groups excluding carboxylic acids is 1. The Kier molecular flexibility index (Phi) is 5.16. The number of pyridine rings is 1. The van der Waals surface area contributed by atoms with E-state index in [2.05, 4.69) is 5.32 Å². The van der Waals surface area contributed by atoms with Crippen LogP contribution >= 0.6 is 11.6 Å². The number of hydrogen-bond acceptors (Lipinski definition) is 3. The lowest BCUT2D eigenvalue weighted by Crippen LogP contribution is -2.32. The average molecular weight is 355 g/mol. The summed E-state index contributed by atoms with van der Waals surface area (Å²) in [4.78, 5) is 30.3. The van der Waals surface area contributed by atoms with Crippen LogP contribution in [0.3, 0.4) is 0 Å². The molecule has 0 atom stereocenters. The van der Waals surface area contributed by atoms with Crippen LogP contribution < -0.4 is 15.7 Å². The van der Waals surface area contributed by atoms with Gasteiger partial charge in [-0.05, 0) is 29.8 Å². The maximum absolute atomic E-state index is 12.5. The summed E-state index contributed by atoms with van der Waals surface area (Å²) in [6.07, 6.45) is 1.47. The highest BCUT2D eigenvalue weighted by atomic mass is 35.5. The molecule has 1 aromatic heterocycles. The molecule has 3 aromatic rings. The zero-order valence-electron chi connectivity index (χ0n) is 13.2. The van der Waals surface area contributed by atoms with Crippen molar-refractivity contribution in [3.8, 4) is 0 Å². The summed E-state index contributed by atoms with van der Waals surface area (Å²) in [6, 6.07) is 19.3. The third-order valence-electron chi connectivity index (χ3n) is 3.49. The number of nitrogens with one attached hydrogen (secondary N) is 1. The molecule has 1 amide bonds. The summed E-state index contributed by atoms with van der Waals surface area (Å²) in [5.74, 6) is -0.546. The summed E-state index contributed by atoms with van der Waals surface area (Å²) in [7, 11) is 0. The second-order valence-electron chi connectivity index (χ2n) is 5.25. The van der Waals surface area contributed by atoms with E-state index < -0.39 is 11.5 Å². The molecule has 0 spiro atoms. The highest BCUT2D eigenvalue weighted by Gasteiger charge is 2.14. The van der Waals surface area contributed by atoms with Crippen LogP contribution in [0.5, 0.6) is 0 Å². The van der Waals surface area contributed by atoms with Crippen LogP contribution in [0.2, 0.25) is 5.02 Å². The number of hydrogen-bond donors (Lipinski definition) is 1. The number of anilines is 1. The Balaban J connectivity index is 1.77. The van der Waals surface area contributed by atoms with Crippen molar-refractivity contribution in [2.24, 2.45) is 0 Å². The second kappa shape index (κ2) is 7.68.